The number of aliphatic hydroxyl groups is 2. The molecule has 1 aliphatic rings. The third-order valence-electron chi connectivity index (χ3n) is 2.50. The van der Waals surface area contributed by atoms with Gasteiger partial charge in [-0.2, -0.15) is 16.8 Å². The molecule has 0 aliphatic carbocycles. The molecule has 0 aromatic rings. The molecule has 12 nitrogen and oxygen atoms in total. The van der Waals surface area contributed by atoms with Crippen LogP contribution in [0.25, 0.3) is 0 Å². The first-order chi connectivity index (χ1) is 9.48. The minimum absolute atomic E-state index is 0.801. The molecule has 0 amide bonds. The van der Waals surface area contributed by atoms with Crippen molar-refractivity contribution >= 4 is 20.8 Å². The van der Waals surface area contributed by atoms with Crippen molar-refractivity contribution in [3.8, 4) is 0 Å². The summed E-state index contributed by atoms with van der Waals surface area (Å²) >= 11 is 0. The second kappa shape index (κ2) is 6.78. The molecule has 0 aromatic carbocycles. The Hall–Kier alpha value is -0.420. The quantitative estimate of drug-likeness (QED) is 0.357. The monoisotopic (exact) mass is 354 g/mol. The largest absolute Gasteiger partial charge is 0.397 e. The Kier molecular flexibility index (Phi) is 6.01. The Morgan fingerprint density at radius 2 is 1.52 bits per heavy atom. The molecule has 21 heavy (non-hydrogen) atoms. The van der Waals surface area contributed by atoms with Gasteiger partial charge in [-0.1, -0.05) is 0 Å². The highest BCUT2D eigenvalue weighted by Crippen LogP contribution is 2.28. The Morgan fingerprint density at radius 1 is 1.05 bits per heavy atom. The minimum Gasteiger partial charge on any atom is -0.394 e. The fourth-order valence-electron chi connectivity index (χ4n) is 1.72. The van der Waals surface area contributed by atoms with Gasteiger partial charge in [0, 0.05) is 7.11 Å². The molecular formula is C7H14O12S2. The van der Waals surface area contributed by atoms with Gasteiger partial charge < -0.3 is 19.7 Å². The van der Waals surface area contributed by atoms with Crippen LogP contribution in [0.5, 0.6) is 0 Å². The summed E-state index contributed by atoms with van der Waals surface area (Å²) in [6, 6.07) is 0. The summed E-state index contributed by atoms with van der Waals surface area (Å²) in [5, 5.41) is 18.8. The number of methoxy groups -OCH3 is 1. The van der Waals surface area contributed by atoms with Crippen molar-refractivity contribution in [3.05, 3.63) is 0 Å². The van der Waals surface area contributed by atoms with E-state index in [0.29, 0.717) is 0 Å². The molecule has 5 atom stereocenters. The molecule has 0 aromatic heterocycles. The Bertz CT molecular complexity index is 540. The summed E-state index contributed by atoms with van der Waals surface area (Å²) in [4.78, 5) is 0. The molecular weight excluding hydrogens is 340 g/mol. The Balaban J connectivity index is 3.16. The van der Waals surface area contributed by atoms with E-state index in [0.717, 1.165) is 7.11 Å². The second-order valence-electron chi connectivity index (χ2n) is 3.93. The van der Waals surface area contributed by atoms with Crippen LogP contribution < -0.4 is 0 Å². The van der Waals surface area contributed by atoms with Crippen LogP contribution in [0.3, 0.4) is 0 Å². The number of hydrogen-bond donors (Lipinski definition) is 4. The minimum atomic E-state index is -5.12. The maximum atomic E-state index is 10.8. The second-order valence-corrected chi connectivity index (χ2v) is 6.02. The SMILES string of the molecule is COC1OC(CO)C(O)C(OS(=O)(=O)O)C1OS(=O)(=O)O. The van der Waals surface area contributed by atoms with Crippen molar-refractivity contribution in [1.82, 2.24) is 0 Å². The van der Waals surface area contributed by atoms with Gasteiger partial charge in [-0.25, -0.2) is 8.37 Å². The van der Waals surface area contributed by atoms with Crippen LogP contribution in [0.4, 0.5) is 0 Å². The first kappa shape index (κ1) is 18.6. The van der Waals surface area contributed by atoms with Crippen LogP contribution >= 0.6 is 0 Å². The summed E-state index contributed by atoms with van der Waals surface area (Å²) in [5.41, 5.74) is 0. The smallest absolute Gasteiger partial charge is 0.394 e. The van der Waals surface area contributed by atoms with E-state index < -0.39 is 58.1 Å². The van der Waals surface area contributed by atoms with Gasteiger partial charge in [0.25, 0.3) is 0 Å². The number of ether oxygens (including phenoxy) is 2. The van der Waals surface area contributed by atoms with Crippen molar-refractivity contribution in [2.24, 2.45) is 0 Å². The van der Waals surface area contributed by atoms with E-state index in [2.05, 4.69) is 13.1 Å². The van der Waals surface area contributed by atoms with Gasteiger partial charge in [0.15, 0.2) is 12.4 Å². The molecule has 126 valence electrons. The highest BCUT2D eigenvalue weighted by atomic mass is 32.3. The van der Waals surface area contributed by atoms with Crippen LogP contribution in [-0.2, 0) is 38.6 Å². The molecule has 4 N–H and O–H groups in total. The van der Waals surface area contributed by atoms with E-state index in [1.165, 1.54) is 0 Å². The molecule has 0 spiro atoms. The zero-order chi connectivity index (χ0) is 16.4. The third kappa shape index (κ3) is 5.37. The normalized spacial score (nSPS) is 34.8. The van der Waals surface area contributed by atoms with E-state index in [-0.39, 0.29) is 0 Å². The first-order valence-electron chi connectivity index (χ1n) is 5.27. The molecule has 1 heterocycles. The summed E-state index contributed by atoms with van der Waals surface area (Å²) in [7, 11) is -9.20. The standard InChI is InChI=1S/C7H14O12S2/c1-16-7-6(19-21(13,14)15)5(18-20(10,11)12)4(9)3(2-8)17-7/h3-9H,2H2,1H3,(H,10,11,12)(H,13,14,15). The first-order valence-corrected chi connectivity index (χ1v) is 8.00. The summed E-state index contributed by atoms with van der Waals surface area (Å²) in [6.07, 6.45) is -8.94. The third-order valence-corrected chi connectivity index (χ3v) is 3.43. The van der Waals surface area contributed by atoms with Crippen molar-refractivity contribution in [2.45, 2.75) is 30.7 Å². The van der Waals surface area contributed by atoms with E-state index in [1.807, 2.05) is 0 Å². The van der Waals surface area contributed by atoms with E-state index >= 15 is 0 Å². The Labute approximate surface area is 120 Å². The van der Waals surface area contributed by atoms with E-state index in [9.17, 15) is 21.9 Å². The molecule has 1 fully saturated rings. The molecule has 1 saturated heterocycles. The van der Waals surface area contributed by atoms with Crippen LogP contribution in [0.2, 0.25) is 0 Å². The average molecular weight is 354 g/mol. The predicted octanol–water partition coefficient (Wildman–Crippen LogP) is -2.91. The molecule has 0 bridgehead atoms. The lowest BCUT2D eigenvalue weighted by Gasteiger charge is -2.41. The van der Waals surface area contributed by atoms with Gasteiger partial charge in [0.1, 0.15) is 18.3 Å². The molecule has 5 unspecified atom stereocenters. The molecule has 1 rings (SSSR count). The van der Waals surface area contributed by atoms with Crippen molar-refractivity contribution in [3.63, 3.8) is 0 Å². The molecule has 0 radical (unpaired) electrons. The number of aliphatic hydroxyl groups excluding tert-OH is 2. The van der Waals surface area contributed by atoms with Crippen LogP contribution in [-0.4, -0.2) is 80.6 Å². The van der Waals surface area contributed by atoms with Crippen molar-refractivity contribution in [2.75, 3.05) is 13.7 Å². The van der Waals surface area contributed by atoms with Gasteiger partial charge in [-0.15, -0.1) is 0 Å². The fourth-order valence-corrected chi connectivity index (χ4v) is 2.71. The van der Waals surface area contributed by atoms with Gasteiger partial charge in [-0.3, -0.25) is 9.11 Å². The lowest BCUT2D eigenvalue weighted by atomic mass is 9.99. The van der Waals surface area contributed by atoms with Crippen LogP contribution in [0.1, 0.15) is 0 Å². The maximum absolute atomic E-state index is 10.8. The van der Waals surface area contributed by atoms with Crippen molar-refractivity contribution < 1.29 is 54.0 Å². The summed E-state index contributed by atoms with van der Waals surface area (Å²) in [6.45, 7) is -0.801. The zero-order valence-corrected chi connectivity index (χ0v) is 12.1. The molecule has 1 aliphatic heterocycles. The van der Waals surface area contributed by atoms with Gasteiger partial charge in [0.2, 0.25) is 0 Å². The number of hydrogen-bond acceptors (Lipinski definition) is 10. The molecule has 14 heteroatoms. The predicted molar refractivity (Wildman–Crippen MR) is 61.6 cm³/mol. The fraction of sp³-hybridized carbons (Fsp3) is 1.00. The lowest BCUT2D eigenvalue weighted by molar-refractivity contribution is -0.284. The number of rotatable bonds is 6. The maximum Gasteiger partial charge on any atom is 0.397 e. The van der Waals surface area contributed by atoms with Gasteiger partial charge in [0.05, 0.1) is 6.61 Å². The van der Waals surface area contributed by atoms with E-state index in [4.69, 9.17) is 18.9 Å². The average Bonchev–Trinajstić information content (AvgIpc) is 2.31. The topological polar surface area (TPSA) is 186 Å². The summed E-state index contributed by atoms with van der Waals surface area (Å²) < 4.78 is 78.2. The van der Waals surface area contributed by atoms with Crippen molar-refractivity contribution in [1.29, 1.82) is 0 Å². The molecule has 0 saturated carbocycles. The van der Waals surface area contributed by atoms with E-state index in [1.54, 1.807) is 0 Å². The zero-order valence-electron chi connectivity index (χ0n) is 10.5. The van der Waals surface area contributed by atoms with Crippen LogP contribution in [0.15, 0.2) is 0 Å². The highest BCUT2D eigenvalue weighted by Gasteiger charge is 2.50. The highest BCUT2D eigenvalue weighted by molar-refractivity contribution is 7.81. The lowest BCUT2D eigenvalue weighted by Crippen LogP contribution is -2.61. The van der Waals surface area contributed by atoms with Gasteiger partial charge >= 0.3 is 20.8 Å². The van der Waals surface area contributed by atoms with Gasteiger partial charge in [-0.05, 0) is 0 Å². The Morgan fingerprint density at radius 3 is 1.90 bits per heavy atom. The van der Waals surface area contributed by atoms with Crippen LogP contribution in [0, 0.1) is 0 Å². The summed E-state index contributed by atoms with van der Waals surface area (Å²) in [5.74, 6) is 0.